The Morgan fingerprint density at radius 3 is 3.10 bits per heavy atom. The Bertz CT molecular complexity index is 807. The van der Waals surface area contributed by atoms with Gasteiger partial charge in [-0.3, -0.25) is 10.1 Å². The third-order valence-corrected chi connectivity index (χ3v) is 5.46. The molecule has 1 amide bonds. The maximum absolute atomic E-state index is 12.2. The Balaban J connectivity index is 1.70. The van der Waals surface area contributed by atoms with E-state index in [2.05, 4.69) is 22.1 Å². The summed E-state index contributed by atoms with van der Waals surface area (Å²) in [4.78, 5) is 17.7. The van der Waals surface area contributed by atoms with Gasteiger partial charge in [0.15, 0.2) is 5.13 Å². The molecule has 3 heterocycles. The van der Waals surface area contributed by atoms with Gasteiger partial charge in [-0.2, -0.15) is 0 Å². The number of thiazole rings is 1. The maximum atomic E-state index is 12.2. The zero-order valence-electron chi connectivity index (χ0n) is 10.8. The quantitative estimate of drug-likeness (QED) is 0.722. The number of aliphatic hydroxyl groups excluding tert-OH is 1. The van der Waals surface area contributed by atoms with Gasteiger partial charge in [0.1, 0.15) is 0 Å². The second kappa shape index (κ2) is 6.37. The van der Waals surface area contributed by atoms with Gasteiger partial charge in [0.2, 0.25) is 0 Å². The molecule has 0 saturated carbocycles. The molecular weight excluding hydrogens is 324 g/mol. The van der Waals surface area contributed by atoms with Crippen molar-refractivity contribution in [2.24, 2.45) is 0 Å². The lowest BCUT2D eigenvalue weighted by molar-refractivity contribution is 0.103. The molecule has 3 aromatic heterocycles. The fourth-order valence-electron chi connectivity index (χ4n) is 1.63. The number of aromatic nitrogens is 1. The van der Waals surface area contributed by atoms with Crippen LogP contribution in [0.5, 0.6) is 0 Å². The van der Waals surface area contributed by atoms with Gasteiger partial charge in [0, 0.05) is 15.8 Å². The van der Waals surface area contributed by atoms with Crippen LogP contribution in [0.2, 0.25) is 0 Å². The summed E-state index contributed by atoms with van der Waals surface area (Å²) in [6.45, 7) is 0.0465. The molecule has 106 valence electrons. The molecule has 0 unspecified atom stereocenters. The summed E-state index contributed by atoms with van der Waals surface area (Å²) in [6.07, 6.45) is 2.06. The van der Waals surface area contributed by atoms with E-state index in [0.29, 0.717) is 16.4 Å². The maximum Gasteiger partial charge on any atom is 0.267 e. The molecule has 0 spiro atoms. The molecule has 2 N–H and O–H groups in total. The Morgan fingerprint density at radius 2 is 2.29 bits per heavy atom. The smallest absolute Gasteiger partial charge is 0.267 e. The van der Waals surface area contributed by atoms with Gasteiger partial charge >= 0.3 is 0 Å². The molecule has 0 aliphatic heterocycles. The average Bonchev–Trinajstić information content (AvgIpc) is 3.13. The van der Waals surface area contributed by atoms with Crippen molar-refractivity contribution < 1.29 is 9.90 Å². The number of hydrogen-bond acceptors (Lipinski definition) is 6. The summed E-state index contributed by atoms with van der Waals surface area (Å²) >= 11 is 4.42. The van der Waals surface area contributed by atoms with E-state index in [0.717, 1.165) is 14.3 Å². The Morgan fingerprint density at radius 1 is 1.38 bits per heavy atom. The molecule has 0 aliphatic rings. The third kappa shape index (κ3) is 3.31. The highest BCUT2D eigenvalue weighted by atomic mass is 32.1. The number of rotatable bonds is 3. The van der Waals surface area contributed by atoms with Crippen LogP contribution in [0.4, 0.5) is 5.13 Å². The summed E-state index contributed by atoms with van der Waals surface area (Å²) in [6, 6.07) is 3.91. The lowest BCUT2D eigenvalue weighted by Gasteiger charge is -1.96. The van der Waals surface area contributed by atoms with Crippen molar-refractivity contribution in [2.75, 3.05) is 11.9 Å². The lowest BCUT2D eigenvalue weighted by atomic mass is 10.4. The van der Waals surface area contributed by atoms with Crippen LogP contribution in [0.15, 0.2) is 23.7 Å². The highest BCUT2D eigenvalue weighted by Gasteiger charge is 2.12. The first-order valence-corrected chi connectivity index (χ1v) is 8.61. The molecular formula is C14H10N2O2S3. The molecule has 0 saturated heterocycles. The predicted octanol–water partition coefficient (Wildman–Crippen LogP) is 3.41. The van der Waals surface area contributed by atoms with Crippen LogP contribution in [0.3, 0.4) is 0 Å². The first kappa shape index (κ1) is 14.2. The minimum atomic E-state index is -0.146. The van der Waals surface area contributed by atoms with Crippen LogP contribution in [-0.4, -0.2) is 22.6 Å². The second-order valence-electron chi connectivity index (χ2n) is 4.02. The van der Waals surface area contributed by atoms with E-state index in [1.54, 1.807) is 17.5 Å². The fraction of sp³-hybridized carbons (Fsp3) is 0.143. The van der Waals surface area contributed by atoms with Crippen molar-refractivity contribution in [2.45, 2.75) is 6.42 Å². The Kier molecular flexibility index (Phi) is 4.31. The van der Waals surface area contributed by atoms with Crippen molar-refractivity contribution in [3.8, 4) is 11.8 Å². The van der Waals surface area contributed by atoms with Crippen LogP contribution in [-0.2, 0) is 0 Å². The van der Waals surface area contributed by atoms with Crippen LogP contribution >= 0.6 is 34.0 Å². The molecule has 3 aromatic rings. The lowest BCUT2D eigenvalue weighted by Crippen LogP contribution is -2.09. The van der Waals surface area contributed by atoms with Crippen LogP contribution in [0, 0.1) is 11.8 Å². The summed E-state index contributed by atoms with van der Waals surface area (Å²) in [7, 11) is 0. The molecule has 4 nitrogen and oxygen atoms in total. The number of amides is 1. The van der Waals surface area contributed by atoms with Gasteiger partial charge in [-0.1, -0.05) is 23.2 Å². The van der Waals surface area contributed by atoms with E-state index in [9.17, 15) is 4.79 Å². The number of thiophene rings is 2. The molecule has 0 fully saturated rings. The molecule has 0 radical (unpaired) electrons. The van der Waals surface area contributed by atoms with Gasteiger partial charge in [-0.15, -0.1) is 22.7 Å². The molecule has 0 aliphatic carbocycles. The molecule has 7 heteroatoms. The number of carbonyl (C=O) groups excluding carboxylic acids is 1. The molecule has 0 bridgehead atoms. The topological polar surface area (TPSA) is 62.2 Å². The normalized spacial score (nSPS) is 10.3. The monoisotopic (exact) mass is 334 g/mol. The van der Waals surface area contributed by atoms with E-state index in [1.807, 2.05) is 17.5 Å². The SMILES string of the molecule is O=C(Nc1ncc(C#CCCO)s1)c1cc2sccc2s1. The van der Waals surface area contributed by atoms with E-state index >= 15 is 0 Å². The number of carbonyl (C=O) groups is 1. The number of nitrogens with zero attached hydrogens (tertiary/aromatic N) is 1. The first-order chi connectivity index (χ1) is 10.3. The largest absolute Gasteiger partial charge is 0.395 e. The highest BCUT2D eigenvalue weighted by Crippen LogP contribution is 2.30. The van der Waals surface area contributed by atoms with Gasteiger partial charge in [0.05, 0.1) is 22.6 Å². The fourth-order valence-corrected chi connectivity index (χ4v) is 4.32. The average molecular weight is 334 g/mol. The zero-order valence-corrected chi connectivity index (χ0v) is 13.2. The molecule has 0 aromatic carbocycles. The second-order valence-corrected chi connectivity index (χ2v) is 7.08. The summed E-state index contributed by atoms with van der Waals surface area (Å²) in [5.74, 6) is 5.57. The molecule has 0 atom stereocenters. The number of hydrogen-bond donors (Lipinski definition) is 2. The highest BCUT2D eigenvalue weighted by molar-refractivity contribution is 7.28. The van der Waals surface area contributed by atoms with Gasteiger partial charge in [0.25, 0.3) is 5.91 Å². The van der Waals surface area contributed by atoms with E-state index in [4.69, 9.17) is 5.11 Å². The third-order valence-electron chi connectivity index (χ3n) is 2.54. The van der Waals surface area contributed by atoms with E-state index < -0.39 is 0 Å². The molecule has 21 heavy (non-hydrogen) atoms. The van der Waals surface area contributed by atoms with Gasteiger partial charge < -0.3 is 5.11 Å². The van der Waals surface area contributed by atoms with Gasteiger partial charge in [-0.25, -0.2) is 4.98 Å². The first-order valence-electron chi connectivity index (χ1n) is 6.10. The van der Waals surface area contributed by atoms with Crippen molar-refractivity contribution in [3.05, 3.63) is 33.5 Å². The van der Waals surface area contributed by atoms with Crippen molar-refractivity contribution >= 4 is 54.4 Å². The summed E-state index contributed by atoms with van der Waals surface area (Å²) < 4.78 is 2.25. The molecule has 3 rings (SSSR count). The predicted molar refractivity (Wildman–Crippen MR) is 88.4 cm³/mol. The van der Waals surface area contributed by atoms with E-state index in [-0.39, 0.29) is 12.5 Å². The minimum absolute atomic E-state index is 0.0465. The van der Waals surface area contributed by atoms with Crippen molar-refractivity contribution in [1.82, 2.24) is 4.98 Å². The van der Waals surface area contributed by atoms with Crippen molar-refractivity contribution in [3.63, 3.8) is 0 Å². The number of anilines is 1. The Labute approximate surface area is 133 Å². The van der Waals surface area contributed by atoms with Crippen LogP contribution in [0.25, 0.3) is 9.40 Å². The Hall–Kier alpha value is -1.72. The van der Waals surface area contributed by atoms with Gasteiger partial charge in [-0.05, 0) is 17.5 Å². The summed E-state index contributed by atoms with van der Waals surface area (Å²) in [5, 5.41) is 14.0. The van der Waals surface area contributed by atoms with Crippen molar-refractivity contribution in [1.29, 1.82) is 0 Å². The number of nitrogens with one attached hydrogen (secondary N) is 1. The zero-order chi connectivity index (χ0) is 14.7. The van der Waals surface area contributed by atoms with Crippen LogP contribution in [0.1, 0.15) is 21.0 Å². The number of aliphatic hydroxyl groups is 1. The standard InChI is InChI=1S/C14H10N2O2S3/c17-5-2-1-3-9-8-15-14(20-9)16-13(18)12-7-11-10(21-12)4-6-19-11/h4,6-8,17H,2,5H2,(H,15,16,18). The van der Waals surface area contributed by atoms with Crippen LogP contribution < -0.4 is 5.32 Å². The summed E-state index contributed by atoms with van der Waals surface area (Å²) in [5.41, 5.74) is 0. The van der Waals surface area contributed by atoms with E-state index in [1.165, 1.54) is 22.7 Å². The number of fused-ring (bicyclic) bond motifs is 1. The minimum Gasteiger partial charge on any atom is -0.395 e.